The Morgan fingerprint density at radius 3 is 2.91 bits per heavy atom. The molecule has 0 aromatic heterocycles. The lowest BCUT2D eigenvalue weighted by Gasteiger charge is -2.32. The molecule has 0 aromatic rings. The van der Waals surface area contributed by atoms with Crippen LogP contribution in [0.1, 0.15) is 25.7 Å². The van der Waals surface area contributed by atoms with Gasteiger partial charge < -0.3 is 4.74 Å². The lowest BCUT2D eigenvalue weighted by molar-refractivity contribution is -0.0147. The molecule has 0 N–H and O–H groups in total. The fourth-order valence-corrected chi connectivity index (χ4v) is 1.58. The number of allylic oxidation sites excluding steroid dienone is 1. The second-order valence-electron chi connectivity index (χ2n) is 3.09. The minimum atomic E-state index is 0.0660. The van der Waals surface area contributed by atoms with Crippen LogP contribution in [0.25, 0.3) is 0 Å². The standard InChI is InChI=1S/C10H16O/c1-3-7-10(11-2)8-5-4-6-9-10/h3-5H,1,6-9H2,2H3/t10-/m0/s1. The molecule has 0 unspecified atom stereocenters. The Morgan fingerprint density at radius 2 is 2.45 bits per heavy atom. The maximum absolute atomic E-state index is 5.50. The summed E-state index contributed by atoms with van der Waals surface area (Å²) in [5.41, 5.74) is 0.0660. The van der Waals surface area contributed by atoms with E-state index in [1.807, 2.05) is 6.08 Å². The minimum absolute atomic E-state index is 0.0660. The molecule has 0 bridgehead atoms. The highest BCUT2D eigenvalue weighted by Crippen LogP contribution is 2.30. The van der Waals surface area contributed by atoms with Crippen molar-refractivity contribution in [3.8, 4) is 0 Å². The first kappa shape index (κ1) is 8.54. The molecular formula is C10H16O. The summed E-state index contributed by atoms with van der Waals surface area (Å²) in [6.07, 6.45) is 10.6. The first-order chi connectivity index (χ1) is 5.33. The Bertz CT molecular complexity index is 160. The highest BCUT2D eigenvalue weighted by molar-refractivity contribution is 5.01. The summed E-state index contributed by atoms with van der Waals surface area (Å²) in [6.45, 7) is 3.74. The molecule has 0 saturated carbocycles. The van der Waals surface area contributed by atoms with Crippen LogP contribution in [0.2, 0.25) is 0 Å². The molecule has 0 aliphatic heterocycles. The van der Waals surface area contributed by atoms with Crippen LogP contribution in [-0.4, -0.2) is 12.7 Å². The summed E-state index contributed by atoms with van der Waals surface area (Å²) in [5.74, 6) is 0. The van der Waals surface area contributed by atoms with E-state index in [4.69, 9.17) is 4.74 Å². The van der Waals surface area contributed by atoms with Crippen LogP contribution in [0.5, 0.6) is 0 Å². The van der Waals surface area contributed by atoms with E-state index < -0.39 is 0 Å². The van der Waals surface area contributed by atoms with Crippen LogP contribution >= 0.6 is 0 Å². The smallest absolute Gasteiger partial charge is 0.0750 e. The lowest BCUT2D eigenvalue weighted by atomic mass is 9.86. The SMILES string of the molecule is C=CC[C@]1(OC)CC=CCC1. The van der Waals surface area contributed by atoms with E-state index in [9.17, 15) is 0 Å². The van der Waals surface area contributed by atoms with Gasteiger partial charge in [0, 0.05) is 7.11 Å². The van der Waals surface area contributed by atoms with Gasteiger partial charge in [0.1, 0.15) is 0 Å². The van der Waals surface area contributed by atoms with E-state index in [0.717, 1.165) is 25.7 Å². The van der Waals surface area contributed by atoms with Crippen LogP contribution in [0, 0.1) is 0 Å². The maximum atomic E-state index is 5.50. The summed E-state index contributed by atoms with van der Waals surface area (Å²) in [5, 5.41) is 0. The molecule has 0 radical (unpaired) electrons. The molecular weight excluding hydrogens is 136 g/mol. The van der Waals surface area contributed by atoms with E-state index in [2.05, 4.69) is 18.7 Å². The molecule has 1 heteroatoms. The van der Waals surface area contributed by atoms with Crippen molar-refractivity contribution in [2.75, 3.05) is 7.11 Å². The van der Waals surface area contributed by atoms with Gasteiger partial charge in [-0.05, 0) is 25.7 Å². The first-order valence-electron chi connectivity index (χ1n) is 4.14. The van der Waals surface area contributed by atoms with E-state index in [-0.39, 0.29) is 5.60 Å². The topological polar surface area (TPSA) is 9.23 Å². The van der Waals surface area contributed by atoms with Gasteiger partial charge in [-0.15, -0.1) is 6.58 Å². The van der Waals surface area contributed by atoms with Gasteiger partial charge in [-0.3, -0.25) is 0 Å². The third-order valence-corrected chi connectivity index (χ3v) is 2.37. The normalized spacial score (nSPS) is 30.3. The van der Waals surface area contributed by atoms with Crippen molar-refractivity contribution in [1.82, 2.24) is 0 Å². The van der Waals surface area contributed by atoms with Crippen LogP contribution < -0.4 is 0 Å². The fourth-order valence-electron chi connectivity index (χ4n) is 1.58. The van der Waals surface area contributed by atoms with Crippen LogP contribution in [0.15, 0.2) is 24.8 Å². The van der Waals surface area contributed by atoms with Crippen molar-refractivity contribution in [1.29, 1.82) is 0 Å². The molecule has 0 amide bonds. The zero-order valence-electron chi connectivity index (χ0n) is 7.18. The monoisotopic (exact) mass is 152 g/mol. The average Bonchev–Trinajstić information content (AvgIpc) is 2.07. The largest absolute Gasteiger partial charge is 0.378 e. The van der Waals surface area contributed by atoms with E-state index in [1.54, 1.807) is 7.11 Å². The van der Waals surface area contributed by atoms with Crippen molar-refractivity contribution in [3.05, 3.63) is 24.8 Å². The van der Waals surface area contributed by atoms with Gasteiger partial charge in [0.25, 0.3) is 0 Å². The van der Waals surface area contributed by atoms with E-state index in [1.165, 1.54) is 0 Å². The number of hydrogen-bond acceptors (Lipinski definition) is 1. The zero-order chi connectivity index (χ0) is 8.16. The molecule has 0 spiro atoms. The molecule has 1 rings (SSSR count). The van der Waals surface area contributed by atoms with Crippen molar-refractivity contribution in [2.24, 2.45) is 0 Å². The average molecular weight is 152 g/mol. The second kappa shape index (κ2) is 3.72. The van der Waals surface area contributed by atoms with Gasteiger partial charge in [0.05, 0.1) is 5.60 Å². The van der Waals surface area contributed by atoms with Gasteiger partial charge in [0.2, 0.25) is 0 Å². The van der Waals surface area contributed by atoms with Crippen molar-refractivity contribution in [2.45, 2.75) is 31.3 Å². The van der Waals surface area contributed by atoms with Crippen molar-refractivity contribution >= 4 is 0 Å². The van der Waals surface area contributed by atoms with Gasteiger partial charge in [-0.2, -0.15) is 0 Å². The van der Waals surface area contributed by atoms with Crippen LogP contribution in [0.4, 0.5) is 0 Å². The summed E-state index contributed by atoms with van der Waals surface area (Å²) >= 11 is 0. The molecule has 0 fully saturated rings. The highest BCUT2D eigenvalue weighted by atomic mass is 16.5. The van der Waals surface area contributed by atoms with Crippen molar-refractivity contribution in [3.63, 3.8) is 0 Å². The molecule has 0 saturated heterocycles. The zero-order valence-corrected chi connectivity index (χ0v) is 7.18. The third kappa shape index (κ3) is 1.93. The van der Waals surface area contributed by atoms with Gasteiger partial charge in [0.15, 0.2) is 0 Å². The minimum Gasteiger partial charge on any atom is -0.378 e. The molecule has 1 nitrogen and oxygen atoms in total. The second-order valence-corrected chi connectivity index (χ2v) is 3.09. The Balaban J connectivity index is 2.58. The summed E-state index contributed by atoms with van der Waals surface area (Å²) < 4.78 is 5.50. The molecule has 1 aliphatic carbocycles. The number of ether oxygens (including phenoxy) is 1. The number of rotatable bonds is 3. The van der Waals surface area contributed by atoms with Crippen molar-refractivity contribution < 1.29 is 4.74 Å². The predicted molar refractivity (Wildman–Crippen MR) is 47.5 cm³/mol. The molecule has 1 atom stereocenters. The Morgan fingerprint density at radius 1 is 1.64 bits per heavy atom. The predicted octanol–water partition coefficient (Wildman–Crippen LogP) is 2.69. The summed E-state index contributed by atoms with van der Waals surface area (Å²) in [6, 6.07) is 0. The summed E-state index contributed by atoms with van der Waals surface area (Å²) in [4.78, 5) is 0. The van der Waals surface area contributed by atoms with Gasteiger partial charge in [-0.1, -0.05) is 18.2 Å². The molecule has 0 heterocycles. The molecule has 1 aliphatic rings. The number of hydrogen-bond donors (Lipinski definition) is 0. The quantitative estimate of drug-likeness (QED) is 0.565. The fraction of sp³-hybridized carbons (Fsp3) is 0.600. The number of methoxy groups -OCH3 is 1. The Kier molecular flexibility index (Phi) is 2.89. The lowest BCUT2D eigenvalue weighted by Crippen LogP contribution is -2.31. The summed E-state index contributed by atoms with van der Waals surface area (Å²) in [7, 11) is 1.79. The van der Waals surface area contributed by atoms with Crippen LogP contribution in [-0.2, 0) is 4.74 Å². The van der Waals surface area contributed by atoms with Gasteiger partial charge in [-0.25, -0.2) is 0 Å². The molecule has 0 aromatic carbocycles. The Labute approximate surface area is 68.8 Å². The third-order valence-electron chi connectivity index (χ3n) is 2.37. The molecule has 62 valence electrons. The highest BCUT2D eigenvalue weighted by Gasteiger charge is 2.27. The van der Waals surface area contributed by atoms with E-state index in [0.29, 0.717) is 0 Å². The van der Waals surface area contributed by atoms with E-state index >= 15 is 0 Å². The van der Waals surface area contributed by atoms with Crippen LogP contribution in [0.3, 0.4) is 0 Å². The Hall–Kier alpha value is -0.560. The van der Waals surface area contributed by atoms with Gasteiger partial charge >= 0.3 is 0 Å². The maximum Gasteiger partial charge on any atom is 0.0750 e. The molecule has 11 heavy (non-hydrogen) atoms. The first-order valence-corrected chi connectivity index (χ1v) is 4.14.